The van der Waals surface area contributed by atoms with Crippen LogP contribution in [0.3, 0.4) is 0 Å². The fourth-order valence-electron chi connectivity index (χ4n) is 3.16. The van der Waals surface area contributed by atoms with E-state index in [0.717, 1.165) is 12.0 Å². The molecule has 0 saturated carbocycles. The fraction of sp³-hybridized carbons (Fsp3) is 0.619. The topological polar surface area (TPSA) is 59.1 Å². The maximum Gasteiger partial charge on any atom is 0.410 e. The molecule has 0 bridgehead atoms. The Morgan fingerprint density at radius 1 is 1.15 bits per heavy atom. The lowest BCUT2D eigenvalue weighted by atomic mass is 10.1. The highest BCUT2D eigenvalue weighted by molar-refractivity contribution is 5.72. The van der Waals surface area contributed by atoms with Crippen molar-refractivity contribution in [3.8, 4) is 0 Å². The van der Waals surface area contributed by atoms with Gasteiger partial charge in [0, 0.05) is 25.2 Å². The highest BCUT2D eigenvalue weighted by Crippen LogP contribution is 2.21. The minimum atomic E-state index is -0.517. The zero-order chi connectivity index (χ0) is 20.0. The summed E-state index contributed by atoms with van der Waals surface area (Å²) in [6.07, 6.45) is 0.522. The average molecular weight is 376 g/mol. The van der Waals surface area contributed by atoms with Gasteiger partial charge in [0.05, 0.1) is 6.54 Å². The first-order valence-electron chi connectivity index (χ1n) is 9.62. The molecule has 0 aromatic heterocycles. The predicted octanol–water partition coefficient (Wildman–Crippen LogP) is 3.45. The Morgan fingerprint density at radius 3 is 2.41 bits per heavy atom. The highest BCUT2D eigenvalue weighted by atomic mass is 16.6. The number of esters is 1. The summed E-state index contributed by atoms with van der Waals surface area (Å²) >= 11 is 0. The van der Waals surface area contributed by atoms with Crippen molar-refractivity contribution in [2.24, 2.45) is 0 Å². The lowest BCUT2D eigenvalue weighted by molar-refractivity contribution is -0.147. The van der Waals surface area contributed by atoms with Crippen LogP contribution in [-0.2, 0) is 20.9 Å². The molecule has 1 aromatic carbocycles. The first-order valence-corrected chi connectivity index (χ1v) is 9.62. The summed E-state index contributed by atoms with van der Waals surface area (Å²) in [5.41, 5.74) is 0.455. The summed E-state index contributed by atoms with van der Waals surface area (Å²) in [6.45, 7) is 11.4. The number of benzene rings is 1. The summed E-state index contributed by atoms with van der Waals surface area (Å²) in [7, 11) is 0. The number of nitrogens with zero attached hydrogens (tertiary/aromatic N) is 2. The molecule has 150 valence electrons. The van der Waals surface area contributed by atoms with E-state index in [2.05, 4.69) is 4.90 Å². The number of carbonyl (C=O) groups is 2. The molecule has 1 aromatic rings. The van der Waals surface area contributed by atoms with Crippen LogP contribution in [0.4, 0.5) is 4.79 Å². The number of hydrogen-bond donors (Lipinski definition) is 0. The molecule has 1 fully saturated rings. The molecule has 1 aliphatic rings. The Labute approximate surface area is 162 Å². The van der Waals surface area contributed by atoms with Crippen molar-refractivity contribution in [1.29, 1.82) is 0 Å². The molecular formula is C21H32N2O4. The van der Waals surface area contributed by atoms with Gasteiger partial charge in [0.15, 0.2) is 0 Å². The van der Waals surface area contributed by atoms with Gasteiger partial charge in [-0.15, -0.1) is 0 Å². The minimum absolute atomic E-state index is 0.0259. The monoisotopic (exact) mass is 376 g/mol. The largest absolute Gasteiger partial charge is 0.460 e. The zero-order valence-corrected chi connectivity index (χ0v) is 17.1. The van der Waals surface area contributed by atoms with E-state index in [1.54, 1.807) is 4.90 Å². The normalized spacial score (nSPS) is 21.0. The van der Waals surface area contributed by atoms with E-state index in [0.29, 0.717) is 13.1 Å². The SMILES string of the molecule is CC[C@@H]1CN(CC(=O)OCc2ccccc2)[C@@H](C)CN1C(=O)OC(C)(C)C. The summed E-state index contributed by atoms with van der Waals surface area (Å²) < 4.78 is 10.9. The predicted molar refractivity (Wildman–Crippen MR) is 104 cm³/mol. The number of hydrogen-bond acceptors (Lipinski definition) is 5. The van der Waals surface area contributed by atoms with Gasteiger partial charge in [-0.05, 0) is 39.7 Å². The van der Waals surface area contributed by atoms with Crippen molar-refractivity contribution >= 4 is 12.1 Å². The van der Waals surface area contributed by atoms with Crippen molar-refractivity contribution in [1.82, 2.24) is 9.80 Å². The van der Waals surface area contributed by atoms with Crippen LogP contribution in [-0.4, -0.2) is 59.2 Å². The van der Waals surface area contributed by atoms with Crippen molar-refractivity contribution < 1.29 is 19.1 Å². The Kier molecular flexibility index (Phi) is 7.25. The van der Waals surface area contributed by atoms with Gasteiger partial charge in [0.25, 0.3) is 0 Å². The van der Waals surface area contributed by atoms with Crippen LogP contribution in [0.25, 0.3) is 0 Å². The summed E-state index contributed by atoms with van der Waals surface area (Å²) in [5.74, 6) is -0.244. The highest BCUT2D eigenvalue weighted by Gasteiger charge is 2.36. The van der Waals surface area contributed by atoms with E-state index >= 15 is 0 Å². The van der Waals surface area contributed by atoms with Crippen molar-refractivity contribution in [3.05, 3.63) is 35.9 Å². The molecule has 6 heteroatoms. The summed E-state index contributed by atoms with van der Waals surface area (Å²) in [4.78, 5) is 28.6. The molecule has 27 heavy (non-hydrogen) atoms. The Balaban J connectivity index is 1.90. The number of carbonyl (C=O) groups excluding carboxylic acids is 2. The van der Waals surface area contributed by atoms with Gasteiger partial charge in [-0.25, -0.2) is 4.79 Å². The number of amides is 1. The molecule has 1 saturated heterocycles. The van der Waals surface area contributed by atoms with Crippen LogP contribution >= 0.6 is 0 Å². The van der Waals surface area contributed by atoms with Crippen molar-refractivity contribution in [2.45, 2.75) is 65.3 Å². The quantitative estimate of drug-likeness (QED) is 0.737. The van der Waals surface area contributed by atoms with Crippen LogP contribution in [0.1, 0.15) is 46.6 Å². The third-order valence-corrected chi connectivity index (χ3v) is 4.64. The van der Waals surface area contributed by atoms with Gasteiger partial charge >= 0.3 is 12.1 Å². The van der Waals surface area contributed by atoms with Crippen molar-refractivity contribution in [3.63, 3.8) is 0 Å². The van der Waals surface area contributed by atoms with Crippen molar-refractivity contribution in [2.75, 3.05) is 19.6 Å². The molecule has 0 aliphatic carbocycles. The van der Waals surface area contributed by atoms with Crippen LogP contribution in [0.15, 0.2) is 30.3 Å². The molecule has 6 nitrogen and oxygen atoms in total. The first kappa shape index (κ1) is 21.2. The number of rotatable bonds is 5. The summed E-state index contributed by atoms with van der Waals surface area (Å²) in [5, 5.41) is 0. The number of piperazine rings is 1. The Morgan fingerprint density at radius 2 is 1.81 bits per heavy atom. The van der Waals surface area contributed by atoms with Gasteiger partial charge in [-0.1, -0.05) is 37.3 Å². The van der Waals surface area contributed by atoms with E-state index in [9.17, 15) is 9.59 Å². The second-order valence-corrected chi connectivity index (χ2v) is 8.12. The summed E-state index contributed by atoms with van der Waals surface area (Å²) in [6, 6.07) is 9.73. The standard InChI is InChI=1S/C21H32N2O4/c1-6-18-13-22(14-19(24)26-15-17-10-8-7-9-11-17)16(2)12-23(18)20(25)27-21(3,4)5/h7-11,16,18H,6,12-15H2,1-5H3/t16-,18+/m0/s1. The molecule has 1 heterocycles. The van der Waals surface area contributed by atoms with E-state index in [-0.39, 0.29) is 37.3 Å². The van der Waals surface area contributed by atoms with Crippen LogP contribution in [0, 0.1) is 0 Å². The zero-order valence-electron chi connectivity index (χ0n) is 17.1. The van der Waals surface area contributed by atoms with E-state index < -0.39 is 5.60 Å². The maximum atomic E-state index is 12.5. The van der Waals surface area contributed by atoms with Gasteiger partial charge in [-0.3, -0.25) is 9.69 Å². The molecule has 0 N–H and O–H groups in total. The minimum Gasteiger partial charge on any atom is -0.460 e. The van der Waals surface area contributed by atoms with Crippen LogP contribution in [0.2, 0.25) is 0 Å². The van der Waals surface area contributed by atoms with Crippen LogP contribution in [0.5, 0.6) is 0 Å². The smallest absolute Gasteiger partial charge is 0.410 e. The lowest BCUT2D eigenvalue weighted by Gasteiger charge is -2.44. The molecule has 0 unspecified atom stereocenters. The molecule has 2 rings (SSSR count). The third-order valence-electron chi connectivity index (χ3n) is 4.64. The molecule has 0 spiro atoms. The second kappa shape index (κ2) is 9.22. The first-order chi connectivity index (χ1) is 12.7. The van der Waals surface area contributed by atoms with Crippen LogP contribution < -0.4 is 0 Å². The molecular weight excluding hydrogens is 344 g/mol. The molecule has 1 amide bonds. The van der Waals surface area contributed by atoms with Gasteiger partial charge in [0.2, 0.25) is 0 Å². The molecule has 1 aliphatic heterocycles. The Bertz CT molecular complexity index is 627. The van der Waals surface area contributed by atoms with Gasteiger partial charge in [-0.2, -0.15) is 0 Å². The van der Waals surface area contributed by atoms with Gasteiger partial charge < -0.3 is 14.4 Å². The van der Waals surface area contributed by atoms with Gasteiger partial charge in [0.1, 0.15) is 12.2 Å². The van der Waals surface area contributed by atoms with E-state index in [1.807, 2.05) is 65.0 Å². The molecule has 0 radical (unpaired) electrons. The Hall–Kier alpha value is -2.08. The number of ether oxygens (including phenoxy) is 2. The van der Waals surface area contributed by atoms with E-state index in [1.165, 1.54) is 0 Å². The lowest BCUT2D eigenvalue weighted by Crippen LogP contribution is -2.60. The molecule has 2 atom stereocenters. The maximum absolute atomic E-state index is 12.5. The van der Waals surface area contributed by atoms with E-state index in [4.69, 9.17) is 9.47 Å². The fourth-order valence-corrected chi connectivity index (χ4v) is 3.16. The third kappa shape index (κ3) is 6.54. The second-order valence-electron chi connectivity index (χ2n) is 8.12. The average Bonchev–Trinajstić information content (AvgIpc) is 2.60.